The van der Waals surface area contributed by atoms with Crippen LogP contribution in [0.3, 0.4) is 0 Å². The zero-order chi connectivity index (χ0) is 14.7. The summed E-state index contributed by atoms with van der Waals surface area (Å²) in [6, 6.07) is 9.60. The van der Waals surface area contributed by atoms with Gasteiger partial charge in [0.1, 0.15) is 5.75 Å². The highest BCUT2D eigenvalue weighted by Crippen LogP contribution is 2.33. The third-order valence-corrected chi connectivity index (χ3v) is 2.70. The van der Waals surface area contributed by atoms with Gasteiger partial charge in [-0.2, -0.15) is 0 Å². The van der Waals surface area contributed by atoms with Gasteiger partial charge in [0.15, 0.2) is 11.6 Å². The molecule has 104 valence electrons. The van der Waals surface area contributed by atoms with Gasteiger partial charge in [0.25, 0.3) is 5.69 Å². The molecule has 6 heteroatoms. The van der Waals surface area contributed by atoms with Gasteiger partial charge in [-0.1, -0.05) is 18.2 Å². The number of hydrogen-bond acceptors (Lipinski definition) is 4. The fourth-order valence-electron chi connectivity index (χ4n) is 1.74. The summed E-state index contributed by atoms with van der Waals surface area (Å²) in [4.78, 5) is 10.1. The van der Waals surface area contributed by atoms with E-state index in [0.717, 1.165) is 0 Å². The number of rotatable bonds is 4. The minimum Gasteiger partial charge on any atom is -0.454 e. The summed E-state index contributed by atoms with van der Waals surface area (Å²) in [6.07, 6.45) is -0.917. The van der Waals surface area contributed by atoms with Gasteiger partial charge < -0.3 is 9.84 Å². The van der Waals surface area contributed by atoms with Gasteiger partial charge in [-0.15, -0.1) is 0 Å². The van der Waals surface area contributed by atoms with E-state index in [9.17, 15) is 19.6 Å². The highest BCUT2D eigenvalue weighted by atomic mass is 19.1. The minimum atomic E-state index is -0.917. The van der Waals surface area contributed by atoms with E-state index in [1.807, 2.05) is 0 Å². The van der Waals surface area contributed by atoms with Gasteiger partial charge in [0.05, 0.1) is 17.1 Å². The third kappa shape index (κ3) is 2.92. The van der Waals surface area contributed by atoms with Crippen LogP contribution in [-0.2, 0) is 0 Å². The first-order valence-corrected chi connectivity index (χ1v) is 5.88. The second kappa shape index (κ2) is 5.66. The molecule has 0 aromatic heterocycles. The number of nitrogens with zero attached hydrogens (tertiary/aromatic N) is 1. The van der Waals surface area contributed by atoms with E-state index in [2.05, 4.69) is 0 Å². The van der Waals surface area contributed by atoms with E-state index in [4.69, 9.17) is 4.74 Å². The summed E-state index contributed by atoms with van der Waals surface area (Å²) >= 11 is 0. The molecule has 0 bridgehead atoms. The van der Waals surface area contributed by atoms with Gasteiger partial charge in [-0.25, -0.2) is 4.39 Å². The molecule has 0 amide bonds. The standard InChI is InChI=1S/C14H12FNO4/c1-9(17)12-6-3-7-13(15)14(12)20-11-5-2-4-10(8-11)16(18)19/h2-9,17H,1H3/t9-/m0/s1. The number of halogens is 1. The first-order valence-electron chi connectivity index (χ1n) is 5.88. The molecule has 0 aliphatic carbocycles. The van der Waals surface area contributed by atoms with Gasteiger partial charge in [-0.3, -0.25) is 10.1 Å². The maximum Gasteiger partial charge on any atom is 0.273 e. The summed E-state index contributed by atoms with van der Waals surface area (Å²) in [6.45, 7) is 1.48. The molecule has 0 radical (unpaired) electrons. The Kier molecular flexibility index (Phi) is 3.95. The molecule has 2 aromatic rings. The van der Waals surface area contributed by atoms with E-state index in [-0.39, 0.29) is 22.7 Å². The molecule has 0 unspecified atom stereocenters. The highest BCUT2D eigenvalue weighted by molar-refractivity contribution is 5.43. The lowest BCUT2D eigenvalue weighted by Crippen LogP contribution is -1.99. The fourth-order valence-corrected chi connectivity index (χ4v) is 1.74. The number of benzene rings is 2. The van der Waals surface area contributed by atoms with Crippen molar-refractivity contribution in [2.75, 3.05) is 0 Å². The Morgan fingerprint density at radius 1 is 1.30 bits per heavy atom. The molecular weight excluding hydrogens is 265 g/mol. The van der Waals surface area contributed by atoms with E-state index in [1.54, 1.807) is 0 Å². The van der Waals surface area contributed by atoms with Crippen LogP contribution in [0.1, 0.15) is 18.6 Å². The Bertz CT molecular complexity index is 643. The molecule has 0 saturated heterocycles. The number of nitro benzene ring substituents is 1. The monoisotopic (exact) mass is 277 g/mol. The largest absolute Gasteiger partial charge is 0.454 e. The van der Waals surface area contributed by atoms with Crippen LogP contribution >= 0.6 is 0 Å². The van der Waals surface area contributed by atoms with Crippen LogP contribution in [0.2, 0.25) is 0 Å². The SMILES string of the molecule is C[C@H](O)c1cccc(F)c1Oc1cccc([N+](=O)[O-])c1. The molecule has 1 N–H and O–H groups in total. The van der Waals surface area contributed by atoms with Crippen molar-refractivity contribution in [2.45, 2.75) is 13.0 Å². The van der Waals surface area contributed by atoms with Crippen LogP contribution in [0.25, 0.3) is 0 Å². The predicted octanol–water partition coefficient (Wildman–Crippen LogP) is 3.58. The van der Waals surface area contributed by atoms with Crippen molar-refractivity contribution in [1.29, 1.82) is 0 Å². The van der Waals surface area contributed by atoms with Crippen molar-refractivity contribution in [2.24, 2.45) is 0 Å². The molecule has 0 heterocycles. The number of nitro groups is 1. The van der Waals surface area contributed by atoms with Crippen LogP contribution < -0.4 is 4.74 Å². The lowest BCUT2D eigenvalue weighted by molar-refractivity contribution is -0.384. The normalized spacial score (nSPS) is 11.9. The Labute approximate surface area is 114 Å². The molecule has 0 fully saturated rings. The van der Waals surface area contributed by atoms with E-state index in [0.29, 0.717) is 0 Å². The highest BCUT2D eigenvalue weighted by Gasteiger charge is 2.16. The zero-order valence-corrected chi connectivity index (χ0v) is 10.6. The Morgan fingerprint density at radius 3 is 2.65 bits per heavy atom. The summed E-state index contributed by atoms with van der Waals surface area (Å²) < 4.78 is 19.1. The second-order valence-electron chi connectivity index (χ2n) is 4.19. The zero-order valence-electron chi connectivity index (χ0n) is 10.6. The molecule has 1 atom stereocenters. The first kappa shape index (κ1) is 14.0. The molecular formula is C14H12FNO4. The minimum absolute atomic E-state index is 0.131. The Morgan fingerprint density at radius 2 is 2.00 bits per heavy atom. The van der Waals surface area contributed by atoms with Crippen molar-refractivity contribution in [3.63, 3.8) is 0 Å². The van der Waals surface area contributed by atoms with Crippen molar-refractivity contribution >= 4 is 5.69 Å². The van der Waals surface area contributed by atoms with Crippen LogP contribution in [-0.4, -0.2) is 10.0 Å². The molecule has 2 rings (SSSR count). The molecule has 0 aliphatic rings. The lowest BCUT2D eigenvalue weighted by Gasteiger charge is -2.13. The fraction of sp³-hybridized carbons (Fsp3) is 0.143. The summed E-state index contributed by atoms with van der Waals surface area (Å²) in [5.74, 6) is -0.649. The topological polar surface area (TPSA) is 72.6 Å². The van der Waals surface area contributed by atoms with Crippen molar-refractivity contribution in [3.8, 4) is 11.5 Å². The van der Waals surface area contributed by atoms with Gasteiger partial charge in [0.2, 0.25) is 0 Å². The van der Waals surface area contributed by atoms with Gasteiger partial charge in [0, 0.05) is 11.6 Å². The summed E-state index contributed by atoms with van der Waals surface area (Å²) in [5, 5.41) is 20.3. The molecule has 2 aromatic carbocycles. The van der Waals surface area contributed by atoms with Crippen molar-refractivity contribution in [1.82, 2.24) is 0 Å². The second-order valence-corrected chi connectivity index (χ2v) is 4.19. The Hall–Kier alpha value is -2.47. The molecule has 0 spiro atoms. The van der Waals surface area contributed by atoms with Crippen molar-refractivity contribution < 1.29 is 19.2 Å². The Balaban J connectivity index is 2.39. The van der Waals surface area contributed by atoms with E-state index < -0.39 is 16.8 Å². The molecule has 5 nitrogen and oxygen atoms in total. The summed E-state index contributed by atoms with van der Waals surface area (Å²) in [7, 11) is 0. The lowest BCUT2D eigenvalue weighted by atomic mass is 10.1. The van der Waals surface area contributed by atoms with Crippen LogP contribution in [0.15, 0.2) is 42.5 Å². The first-order chi connectivity index (χ1) is 9.49. The summed E-state index contributed by atoms with van der Waals surface area (Å²) in [5.41, 5.74) is 0.119. The van der Waals surface area contributed by atoms with Gasteiger partial charge >= 0.3 is 0 Å². The van der Waals surface area contributed by atoms with Crippen LogP contribution in [0, 0.1) is 15.9 Å². The number of para-hydroxylation sites is 1. The van der Waals surface area contributed by atoms with E-state index >= 15 is 0 Å². The quantitative estimate of drug-likeness (QED) is 0.684. The number of aliphatic hydroxyl groups is 1. The van der Waals surface area contributed by atoms with Crippen LogP contribution in [0.4, 0.5) is 10.1 Å². The number of aliphatic hydroxyl groups excluding tert-OH is 1. The van der Waals surface area contributed by atoms with Crippen molar-refractivity contribution in [3.05, 3.63) is 64.0 Å². The molecule has 0 saturated carbocycles. The number of ether oxygens (including phenoxy) is 1. The number of non-ortho nitro benzene ring substituents is 1. The maximum absolute atomic E-state index is 13.8. The van der Waals surface area contributed by atoms with E-state index in [1.165, 1.54) is 49.4 Å². The maximum atomic E-state index is 13.8. The van der Waals surface area contributed by atoms with Crippen LogP contribution in [0.5, 0.6) is 11.5 Å². The smallest absolute Gasteiger partial charge is 0.273 e. The molecule has 0 aliphatic heterocycles. The average molecular weight is 277 g/mol. The van der Waals surface area contributed by atoms with Gasteiger partial charge in [-0.05, 0) is 19.1 Å². The predicted molar refractivity (Wildman–Crippen MR) is 70.2 cm³/mol. The average Bonchev–Trinajstić information content (AvgIpc) is 2.41. The third-order valence-electron chi connectivity index (χ3n) is 2.70. The molecule has 20 heavy (non-hydrogen) atoms. The number of hydrogen-bond donors (Lipinski definition) is 1.